The van der Waals surface area contributed by atoms with Crippen molar-refractivity contribution in [2.75, 3.05) is 12.4 Å². The Kier molecular flexibility index (Phi) is 8.14. The summed E-state index contributed by atoms with van der Waals surface area (Å²) < 4.78 is 18.7. The molecule has 0 fully saturated rings. The fourth-order valence-electron chi connectivity index (χ4n) is 3.31. The summed E-state index contributed by atoms with van der Waals surface area (Å²) in [6.07, 6.45) is 2.87. The van der Waals surface area contributed by atoms with E-state index >= 15 is 0 Å². The molecule has 0 aliphatic heterocycles. The van der Waals surface area contributed by atoms with Gasteiger partial charge in [0.1, 0.15) is 23.5 Å². The number of H-pyrrole nitrogens is 1. The molecule has 0 saturated heterocycles. The molecule has 0 unspecified atom stereocenters. The summed E-state index contributed by atoms with van der Waals surface area (Å²) in [5.41, 5.74) is 3.95. The third-order valence-corrected chi connectivity index (χ3v) is 5.14. The molecule has 0 aliphatic carbocycles. The van der Waals surface area contributed by atoms with Gasteiger partial charge in [-0.3, -0.25) is 5.10 Å². The minimum Gasteiger partial charge on any atom is -0.496 e. The third-order valence-electron chi connectivity index (χ3n) is 5.14. The van der Waals surface area contributed by atoms with E-state index in [4.69, 9.17) is 10.00 Å². The largest absolute Gasteiger partial charge is 0.496 e. The Bertz CT molecular complexity index is 1270. The Morgan fingerprint density at radius 2 is 1.88 bits per heavy atom. The van der Waals surface area contributed by atoms with E-state index in [9.17, 15) is 4.39 Å². The Morgan fingerprint density at radius 1 is 1.09 bits per heavy atom. The molecule has 34 heavy (non-hydrogen) atoms. The van der Waals surface area contributed by atoms with Gasteiger partial charge < -0.3 is 15.4 Å². The van der Waals surface area contributed by atoms with Gasteiger partial charge in [-0.15, -0.1) is 12.4 Å². The highest BCUT2D eigenvalue weighted by Gasteiger charge is 2.12. The standard InChI is InChI=1S/C24H22FN7O.ClH/c1-15(17-4-6-18(25)7-5-17)27-12-16-3-8-20(22(9-16)33-2)21-10-23(32-31-21)30-24-14-28-19(11-26)13-29-24;/h3-10,13-15,27H,12H2,1-2H3,(H2,29,30,31,32);1H/t15-;/m1./s1. The van der Waals surface area contributed by atoms with Crippen molar-refractivity contribution in [3.63, 3.8) is 0 Å². The van der Waals surface area contributed by atoms with E-state index in [2.05, 4.69) is 30.8 Å². The predicted molar refractivity (Wildman–Crippen MR) is 130 cm³/mol. The normalized spacial score (nSPS) is 11.2. The minimum absolute atomic E-state index is 0. The van der Waals surface area contributed by atoms with Crippen LogP contribution in [0.25, 0.3) is 11.3 Å². The maximum atomic E-state index is 13.1. The van der Waals surface area contributed by atoms with Crippen LogP contribution >= 0.6 is 12.4 Å². The summed E-state index contributed by atoms with van der Waals surface area (Å²) in [5.74, 6) is 1.51. The number of aromatic nitrogens is 4. The first-order valence-electron chi connectivity index (χ1n) is 10.3. The molecule has 0 radical (unpaired) electrons. The van der Waals surface area contributed by atoms with Crippen molar-refractivity contribution in [3.05, 3.63) is 83.6 Å². The molecule has 0 amide bonds. The fraction of sp³-hybridized carbons (Fsp3) is 0.167. The molecule has 2 aromatic heterocycles. The van der Waals surface area contributed by atoms with Gasteiger partial charge in [-0.05, 0) is 42.3 Å². The highest BCUT2D eigenvalue weighted by Crippen LogP contribution is 2.31. The summed E-state index contributed by atoms with van der Waals surface area (Å²) >= 11 is 0. The van der Waals surface area contributed by atoms with E-state index in [-0.39, 0.29) is 30.0 Å². The Hall–Kier alpha value is -4.00. The number of nitrogens with zero attached hydrogens (tertiary/aromatic N) is 4. The molecular weight excluding hydrogens is 457 g/mol. The molecule has 2 aromatic carbocycles. The summed E-state index contributed by atoms with van der Waals surface area (Å²) in [4.78, 5) is 8.11. The first-order chi connectivity index (χ1) is 16.1. The van der Waals surface area contributed by atoms with Crippen LogP contribution in [0.15, 0.2) is 60.9 Å². The van der Waals surface area contributed by atoms with Gasteiger partial charge in [-0.25, -0.2) is 14.4 Å². The zero-order valence-corrected chi connectivity index (χ0v) is 19.4. The van der Waals surface area contributed by atoms with Crippen LogP contribution in [0.4, 0.5) is 16.0 Å². The Labute approximate surface area is 202 Å². The molecule has 2 heterocycles. The molecule has 0 saturated carbocycles. The smallest absolute Gasteiger partial charge is 0.158 e. The molecule has 174 valence electrons. The van der Waals surface area contributed by atoms with Gasteiger partial charge in [0.15, 0.2) is 11.5 Å². The first-order valence-corrected chi connectivity index (χ1v) is 10.3. The molecule has 1 atom stereocenters. The summed E-state index contributed by atoms with van der Waals surface area (Å²) in [6.45, 7) is 2.67. The van der Waals surface area contributed by atoms with Crippen LogP contribution in [0.1, 0.15) is 29.8 Å². The number of halogens is 2. The number of ether oxygens (including phenoxy) is 1. The predicted octanol–water partition coefficient (Wildman–Crippen LogP) is 4.90. The molecule has 8 nitrogen and oxygen atoms in total. The second-order valence-corrected chi connectivity index (χ2v) is 7.38. The maximum Gasteiger partial charge on any atom is 0.158 e. The van der Waals surface area contributed by atoms with Crippen molar-refractivity contribution in [1.29, 1.82) is 5.26 Å². The quantitative estimate of drug-likeness (QED) is 0.329. The van der Waals surface area contributed by atoms with E-state index in [0.29, 0.717) is 23.9 Å². The van der Waals surface area contributed by atoms with Crippen LogP contribution in [0.2, 0.25) is 0 Å². The van der Waals surface area contributed by atoms with E-state index in [1.807, 2.05) is 37.3 Å². The van der Waals surface area contributed by atoms with Gasteiger partial charge in [0.2, 0.25) is 0 Å². The van der Waals surface area contributed by atoms with Crippen LogP contribution in [0, 0.1) is 17.1 Å². The van der Waals surface area contributed by atoms with Crippen LogP contribution in [0.3, 0.4) is 0 Å². The second kappa shape index (κ2) is 11.2. The van der Waals surface area contributed by atoms with Gasteiger partial charge in [0.25, 0.3) is 0 Å². The summed E-state index contributed by atoms with van der Waals surface area (Å²) in [6, 6.07) is 16.3. The van der Waals surface area contributed by atoms with E-state index in [1.165, 1.54) is 24.5 Å². The molecule has 0 bridgehead atoms. The van der Waals surface area contributed by atoms with Crippen LogP contribution in [-0.4, -0.2) is 27.3 Å². The van der Waals surface area contributed by atoms with E-state index < -0.39 is 0 Å². The maximum absolute atomic E-state index is 13.1. The van der Waals surface area contributed by atoms with Crippen LogP contribution in [-0.2, 0) is 6.54 Å². The van der Waals surface area contributed by atoms with Gasteiger partial charge >= 0.3 is 0 Å². The molecule has 10 heteroatoms. The number of rotatable bonds is 8. The lowest BCUT2D eigenvalue weighted by Crippen LogP contribution is -2.18. The van der Waals surface area contributed by atoms with Gasteiger partial charge in [0, 0.05) is 24.2 Å². The van der Waals surface area contributed by atoms with Gasteiger partial charge in [-0.1, -0.05) is 18.2 Å². The number of nitrogens with one attached hydrogen (secondary N) is 3. The van der Waals surface area contributed by atoms with Crippen molar-refractivity contribution in [3.8, 4) is 23.1 Å². The fourth-order valence-corrected chi connectivity index (χ4v) is 3.31. The van der Waals surface area contributed by atoms with Gasteiger partial charge in [0.05, 0.1) is 25.2 Å². The number of aromatic amines is 1. The molecule has 0 aliphatic rings. The van der Waals surface area contributed by atoms with Crippen molar-refractivity contribution in [1.82, 2.24) is 25.5 Å². The highest BCUT2D eigenvalue weighted by molar-refractivity contribution is 5.85. The molecule has 3 N–H and O–H groups in total. The highest BCUT2D eigenvalue weighted by atomic mass is 35.5. The number of nitriles is 1. The third kappa shape index (κ3) is 5.86. The monoisotopic (exact) mass is 479 g/mol. The van der Waals surface area contributed by atoms with Crippen LogP contribution in [0.5, 0.6) is 5.75 Å². The average molecular weight is 480 g/mol. The molecule has 0 spiro atoms. The number of benzene rings is 2. The number of methoxy groups -OCH3 is 1. The lowest BCUT2D eigenvalue weighted by atomic mass is 10.1. The minimum atomic E-state index is -0.242. The van der Waals surface area contributed by atoms with E-state index in [0.717, 1.165) is 22.4 Å². The topological polar surface area (TPSA) is 112 Å². The Balaban J connectivity index is 0.00000324. The van der Waals surface area contributed by atoms with Gasteiger partial charge in [-0.2, -0.15) is 10.4 Å². The molecular formula is C24H23ClFN7O. The molecule has 4 aromatic rings. The lowest BCUT2D eigenvalue weighted by Gasteiger charge is -2.15. The average Bonchev–Trinajstić information content (AvgIpc) is 3.31. The van der Waals surface area contributed by atoms with E-state index in [1.54, 1.807) is 19.2 Å². The number of hydrogen-bond donors (Lipinski definition) is 3. The second-order valence-electron chi connectivity index (χ2n) is 7.38. The van der Waals surface area contributed by atoms with Crippen molar-refractivity contribution in [2.45, 2.75) is 19.5 Å². The summed E-state index contributed by atoms with van der Waals surface area (Å²) in [5, 5.41) is 22.6. The van der Waals surface area contributed by atoms with Crippen molar-refractivity contribution >= 4 is 24.0 Å². The van der Waals surface area contributed by atoms with Crippen molar-refractivity contribution < 1.29 is 9.13 Å². The van der Waals surface area contributed by atoms with Crippen molar-refractivity contribution in [2.24, 2.45) is 0 Å². The van der Waals surface area contributed by atoms with Crippen LogP contribution < -0.4 is 15.4 Å². The lowest BCUT2D eigenvalue weighted by molar-refractivity contribution is 0.415. The number of anilines is 2. The first kappa shape index (κ1) is 24.6. The Morgan fingerprint density at radius 3 is 2.56 bits per heavy atom. The zero-order valence-electron chi connectivity index (χ0n) is 18.5. The SMILES string of the molecule is COc1cc(CN[C@H](C)c2ccc(F)cc2)ccc1-c1cc(Nc2cnc(C#N)cn2)n[nH]1.Cl. The number of hydrogen-bond acceptors (Lipinski definition) is 7. The summed E-state index contributed by atoms with van der Waals surface area (Å²) in [7, 11) is 1.62. The molecule has 4 rings (SSSR count). The zero-order chi connectivity index (χ0) is 23.2.